The third kappa shape index (κ3) is 7.84. The minimum atomic E-state index is -0.320. The molecule has 42 heavy (non-hydrogen) atoms. The van der Waals surface area contributed by atoms with E-state index in [1.165, 1.54) is 30.2 Å². The average Bonchev–Trinajstić information content (AvgIpc) is 3.71. The van der Waals surface area contributed by atoms with Crippen LogP contribution in [0.15, 0.2) is 65.8 Å². The summed E-state index contributed by atoms with van der Waals surface area (Å²) in [5.41, 5.74) is 3.65. The lowest BCUT2D eigenvalue weighted by Crippen LogP contribution is -2.27. The molecule has 4 aromatic rings. The number of benzene rings is 3. The van der Waals surface area contributed by atoms with Gasteiger partial charge in [0.25, 0.3) is 0 Å². The number of phenolic OH excluding ortho intramolecular Hbond substituents is 1. The Bertz CT molecular complexity index is 1660. The Morgan fingerprint density at radius 1 is 1.12 bits per heavy atom. The van der Waals surface area contributed by atoms with E-state index < -0.39 is 0 Å². The second-order valence-electron chi connectivity index (χ2n) is 10.8. The summed E-state index contributed by atoms with van der Waals surface area (Å²) in [7, 11) is 0. The number of aromatic hydroxyl groups is 1. The maximum atomic E-state index is 12.7. The lowest BCUT2D eigenvalue weighted by atomic mass is 9.93. The second-order valence-corrected chi connectivity index (χ2v) is 12.5. The maximum Gasteiger partial charge on any atom is 0.234 e. The number of nitrogens with one attached hydrogen (secondary N) is 2. The first-order valence-corrected chi connectivity index (χ1v) is 15.2. The minimum Gasteiger partial charge on any atom is -0.508 e. The first-order chi connectivity index (χ1) is 20.2. The standard InChI is InChI=1S/C31H30Cl2N6O2S/c1-31(2,19-34-17-23-5-3-4-6-28(23)40)14-13-20-7-11-26(24(32)15-20)35-29(41)18-42-30-36-37-38-39(30)27-12-10-22(16-25(27)33)21-8-9-21/h3-7,10-12,15-16,21,34,40H,8-9,17-19H2,1-2H3,(H,35,41). The Morgan fingerprint density at radius 3 is 2.67 bits per heavy atom. The average molecular weight is 622 g/mol. The predicted octanol–water partition coefficient (Wildman–Crippen LogP) is 6.45. The molecule has 0 bridgehead atoms. The van der Waals surface area contributed by atoms with Gasteiger partial charge >= 0.3 is 0 Å². The minimum absolute atomic E-state index is 0.0813. The first-order valence-electron chi connectivity index (χ1n) is 13.5. The molecule has 1 aliphatic carbocycles. The third-order valence-electron chi connectivity index (χ3n) is 6.68. The molecule has 11 heteroatoms. The van der Waals surface area contributed by atoms with Crippen LogP contribution in [0.5, 0.6) is 5.75 Å². The van der Waals surface area contributed by atoms with E-state index >= 15 is 0 Å². The van der Waals surface area contributed by atoms with Gasteiger partial charge in [-0.25, -0.2) is 0 Å². The molecular formula is C31H30Cl2N6O2S. The molecule has 1 heterocycles. The van der Waals surface area contributed by atoms with Crippen LogP contribution in [0, 0.1) is 17.3 Å². The van der Waals surface area contributed by atoms with Crippen LogP contribution < -0.4 is 10.6 Å². The topological polar surface area (TPSA) is 105 Å². The highest BCUT2D eigenvalue weighted by molar-refractivity contribution is 7.99. The molecule has 3 aromatic carbocycles. The van der Waals surface area contributed by atoms with Crippen molar-refractivity contribution in [3.05, 3.63) is 87.4 Å². The maximum absolute atomic E-state index is 12.7. The highest BCUT2D eigenvalue weighted by Crippen LogP contribution is 2.41. The summed E-state index contributed by atoms with van der Waals surface area (Å²) in [4.78, 5) is 12.7. The van der Waals surface area contributed by atoms with E-state index in [-0.39, 0.29) is 22.8 Å². The summed E-state index contributed by atoms with van der Waals surface area (Å²) >= 11 is 14.2. The summed E-state index contributed by atoms with van der Waals surface area (Å²) in [6, 6.07) is 18.5. The molecule has 216 valence electrons. The number of tetrazole rings is 1. The lowest BCUT2D eigenvalue weighted by molar-refractivity contribution is -0.113. The van der Waals surface area contributed by atoms with Gasteiger partial charge in [0.1, 0.15) is 5.75 Å². The van der Waals surface area contributed by atoms with Gasteiger partial charge in [0.2, 0.25) is 11.1 Å². The van der Waals surface area contributed by atoms with Crippen molar-refractivity contribution in [3.8, 4) is 23.3 Å². The van der Waals surface area contributed by atoms with Crippen molar-refractivity contribution in [1.82, 2.24) is 25.5 Å². The molecule has 1 aliphatic rings. The fourth-order valence-corrected chi connectivity index (χ4v) is 5.43. The first kappa shape index (κ1) is 29.9. The van der Waals surface area contributed by atoms with Gasteiger partial charge in [-0.05, 0) is 85.0 Å². The summed E-state index contributed by atoms with van der Waals surface area (Å²) in [6.45, 7) is 5.26. The van der Waals surface area contributed by atoms with Gasteiger partial charge in [0.05, 0.1) is 27.2 Å². The van der Waals surface area contributed by atoms with Crippen LogP contribution in [0.2, 0.25) is 10.0 Å². The van der Waals surface area contributed by atoms with Crippen LogP contribution in [0.25, 0.3) is 5.69 Å². The van der Waals surface area contributed by atoms with Crippen LogP contribution >= 0.6 is 35.0 Å². The zero-order valence-electron chi connectivity index (χ0n) is 23.2. The zero-order chi connectivity index (χ0) is 29.7. The molecule has 3 N–H and O–H groups in total. The lowest BCUT2D eigenvalue weighted by Gasteiger charge is -2.18. The monoisotopic (exact) mass is 620 g/mol. The molecule has 0 atom stereocenters. The fourth-order valence-electron chi connectivity index (χ4n) is 4.25. The Morgan fingerprint density at radius 2 is 1.93 bits per heavy atom. The number of aromatic nitrogens is 4. The number of hydrogen-bond donors (Lipinski definition) is 3. The van der Waals surface area contributed by atoms with E-state index in [0.717, 1.165) is 11.1 Å². The highest BCUT2D eigenvalue weighted by atomic mass is 35.5. The van der Waals surface area contributed by atoms with Gasteiger partial charge in [0.15, 0.2) is 0 Å². The second kappa shape index (κ2) is 13.2. The van der Waals surface area contributed by atoms with Gasteiger partial charge in [-0.3, -0.25) is 4.79 Å². The number of carbonyl (C=O) groups is 1. The van der Waals surface area contributed by atoms with Crippen molar-refractivity contribution in [1.29, 1.82) is 0 Å². The number of para-hydroxylation sites is 1. The SMILES string of the molecule is CC(C)(C#Cc1ccc(NC(=O)CSc2nnnn2-c2ccc(C3CC3)cc2Cl)c(Cl)c1)CNCc1ccccc1O. The molecule has 0 spiro atoms. The van der Waals surface area contributed by atoms with Crippen molar-refractivity contribution >= 4 is 46.6 Å². The molecule has 1 aromatic heterocycles. The van der Waals surface area contributed by atoms with E-state index in [1.807, 2.05) is 50.2 Å². The van der Waals surface area contributed by atoms with Crippen molar-refractivity contribution in [2.24, 2.45) is 5.41 Å². The number of anilines is 1. The van der Waals surface area contributed by atoms with Crippen molar-refractivity contribution in [3.63, 3.8) is 0 Å². The Balaban J connectivity index is 1.14. The molecule has 1 fully saturated rings. The Labute approximate surface area is 259 Å². The molecule has 8 nitrogen and oxygen atoms in total. The molecule has 1 saturated carbocycles. The van der Waals surface area contributed by atoms with Crippen LogP contribution in [0.3, 0.4) is 0 Å². The number of carbonyl (C=O) groups excluding carboxylic acids is 1. The number of amides is 1. The number of nitrogens with zero attached hydrogens (tertiary/aromatic N) is 4. The van der Waals surface area contributed by atoms with Gasteiger partial charge in [-0.2, -0.15) is 4.68 Å². The third-order valence-corrected chi connectivity index (χ3v) is 8.22. The number of hydrogen-bond acceptors (Lipinski definition) is 7. The van der Waals surface area contributed by atoms with E-state index in [2.05, 4.69) is 38.0 Å². The van der Waals surface area contributed by atoms with Crippen molar-refractivity contribution in [2.75, 3.05) is 17.6 Å². The number of thioether (sulfide) groups is 1. The van der Waals surface area contributed by atoms with E-state index in [9.17, 15) is 9.90 Å². The quantitative estimate of drug-likeness (QED) is 0.138. The van der Waals surface area contributed by atoms with Crippen LogP contribution in [0.4, 0.5) is 5.69 Å². The zero-order valence-corrected chi connectivity index (χ0v) is 25.5. The van der Waals surface area contributed by atoms with Crippen LogP contribution in [0.1, 0.15) is 49.3 Å². The van der Waals surface area contributed by atoms with Gasteiger partial charge in [0, 0.05) is 29.6 Å². The van der Waals surface area contributed by atoms with Crippen molar-refractivity contribution in [2.45, 2.75) is 44.3 Å². The number of phenols is 1. The molecule has 1 amide bonds. The normalized spacial score (nSPS) is 13.0. The van der Waals surface area contributed by atoms with Gasteiger partial charge in [-0.1, -0.05) is 71.1 Å². The number of rotatable bonds is 10. The molecule has 0 radical (unpaired) electrons. The van der Waals surface area contributed by atoms with E-state index in [0.29, 0.717) is 45.6 Å². The Kier molecular flexibility index (Phi) is 9.39. The smallest absolute Gasteiger partial charge is 0.234 e. The molecular weight excluding hydrogens is 591 g/mol. The summed E-state index contributed by atoms with van der Waals surface area (Å²) < 4.78 is 1.54. The summed E-state index contributed by atoms with van der Waals surface area (Å²) in [5.74, 6) is 7.15. The largest absolute Gasteiger partial charge is 0.508 e. The van der Waals surface area contributed by atoms with E-state index in [4.69, 9.17) is 23.2 Å². The summed E-state index contributed by atoms with van der Waals surface area (Å²) in [5, 5.41) is 29.4. The predicted molar refractivity (Wildman–Crippen MR) is 167 cm³/mol. The molecule has 5 rings (SSSR count). The van der Waals surface area contributed by atoms with Gasteiger partial charge < -0.3 is 15.7 Å². The molecule has 0 saturated heterocycles. The van der Waals surface area contributed by atoms with Crippen LogP contribution in [-0.2, 0) is 11.3 Å². The number of halogens is 2. The highest BCUT2D eigenvalue weighted by Gasteiger charge is 2.24. The van der Waals surface area contributed by atoms with Gasteiger partial charge in [-0.15, -0.1) is 5.10 Å². The fraction of sp³-hybridized carbons (Fsp3) is 0.290. The van der Waals surface area contributed by atoms with Crippen molar-refractivity contribution < 1.29 is 9.90 Å². The van der Waals surface area contributed by atoms with E-state index in [1.54, 1.807) is 28.9 Å². The molecule has 0 unspecified atom stereocenters. The Hall–Kier alpha value is -3.55. The molecule has 0 aliphatic heterocycles. The van der Waals surface area contributed by atoms with Crippen LogP contribution in [-0.4, -0.2) is 43.5 Å². The summed E-state index contributed by atoms with van der Waals surface area (Å²) in [6.07, 6.45) is 2.38.